The van der Waals surface area contributed by atoms with Gasteiger partial charge in [-0.15, -0.1) is 0 Å². The van der Waals surface area contributed by atoms with Crippen molar-refractivity contribution in [2.24, 2.45) is 0 Å². The Morgan fingerprint density at radius 2 is 1.34 bits per heavy atom. The number of aromatic hydroxyl groups is 1. The van der Waals surface area contributed by atoms with Crippen molar-refractivity contribution < 1.29 is 19.9 Å². The highest BCUT2D eigenvalue weighted by Crippen LogP contribution is 2.39. The van der Waals surface area contributed by atoms with E-state index in [2.05, 4.69) is 41.5 Å². The quantitative estimate of drug-likeness (QED) is 0.451. The van der Waals surface area contributed by atoms with Gasteiger partial charge < -0.3 is 5.11 Å². The fourth-order valence-electron chi connectivity index (χ4n) is 3.35. The lowest BCUT2D eigenvalue weighted by atomic mass is 9.92. The maximum atomic E-state index is 10.4. The van der Waals surface area contributed by atoms with Crippen LogP contribution in [-0.2, 0) is 12.8 Å². The predicted molar refractivity (Wildman–Crippen MR) is 114 cm³/mol. The normalized spacial score (nSPS) is 12.1. The van der Waals surface area contributed by atoms with Crippen LogP contribution in [0.1, 0.15) is 24.0 Å². The molecule has 0 aliphatic heterocycles. The molecule has 1 aromatic heterocycles. The van der Waals surface area contributed by atoms with Crippen molar-refractivity contribution in [1.82, 2.24) is 4.98 Å². The van der Waals surface area contributed by atoms with Crippen LogP contribution in [0.5, 0.6) is 5.75 Å². The van der Waals surface area contributed by atoms with Crippen LogP contribution in [0.3, 0.4) is 0 Å². The first-order valence-electron chi connectivity index (χ1n) is 9.61. The monoisotopic (exact) mass is 438 g/mol. The minimum absolute atomic E-state index is 0.447. The number of fused-ring (bicyclic) bond motifs is 1. The Hall–Kier alpha value is -4.41. The summed E-state index contributed by atoms with van der Waals surface area (Å²) in [5.74, 6) is -1.21. The summed E-state index contributed by atoms with van der Waals surface area (Å²) in [6, 6.07) is 13.6. The van der Waals surface area contributed by atoms with Crippen LogP contribution in [0.25, 0.3) is 11.3 Å². The van der Waals surface area contributed by atoms with Crippen molar-refractivity contribution in [2.45, 2.75) is 25.7 Å². The van der Waals surface area contributed by atoms with Crippen molar-refractivity contribution in [2.75, 3.05) is 0 Å². The van der Waals surface area contributed by atoms with Gasteiger partial charge in [-0.05, 0) is 42.9 Å². The number of nitrogens with zero attached hydrogens (tertiary/aromatic N) is 4. The summed E-state index contributed by atoms with van der Waals surface area (Å²) in [7, 11) is 0. The van der Waals surface area contributed by atoms with Gasteiger partial charge in [-0.25, -0.2) is 0 Å². The second-order valence-electron chi connectivity index (χ2n) is 7.02. The number of aryl methyl sites for hydroxylation is 2. The van der Waals surface area contributed by atoms with E-state index in [4.69, 9.17) is 5.11 Å². The number of hydrogen-bond acceptors (Lipinski definition) is 8. The Morgan fingerprint density at radius 3 is 1.88 bits per heavy atom. The zero-order valence-corrected chi connectivity index (χ0v) is 16.7. The van der Waals surface area contributed by atoms with E-state index < -0.39 is 37.6 Å². The molecule has 0 spiro atoms. The molecule has 0 saturated heterocycles. The summed E-state index contributed by atoms with van der Waals surface area (Å²) in [4.78, 5) is 32.3. The number of pyridine rings is 1. The molecule has 11 heteroatoms. The molecule has 0 radical (unpaired) electrons. The first-order valence-corrected chi connectivity index (χ1v) is 9.61. The minimum atomic E-state index is -1.21. The zero-order valence-electron chi connectivity index (χ0n) is 16.7. The van der Waals surface area contributed by atoms with Gasteiger partial charge in [-0.1, -0.05) is 30.3 Å². The Kier molecular flexibility index (Phi) is 6.68. The van der Waals surface area contributed by atoms with E-state index in [9.17, 15) is 30.3 Å². The largest absolute Gasteiger partial charge is 0.497 e. The maximum Gasteiger partial charge on any atom is 0.324 e. The molecular weight excluding hydrogens is 420 g/mol. The van der Waals surface area contributed by atoms with Crippen molar-refractivity contribution in [1.29, 1.82) is 0 Å². The smallest absolute Gasteiger partial charge is 0.324 e. The number of non-ortho nitro benzene ring substituents is 1. The number of nitro groups is 3. The van der Waals surface area contributed by atoms with Crippen LogP contribution in [-0.4, -0.2) is 24.9 Å². The summed E-state index contributed by atoms with van der Waals surface area (Å²) in [6.07, 6.45) is 7.14. The Labute approximate surface area is 181 Å². The van der Waals surface area contributed by atoms with Crippen LogP contribution >= 0.6 is 0 Å². The Morgan fingerprint density at radius 1 is 0.781 bits per heavy atom. The van der Waals surface area contributed by atoms with Crippen LogP contribution in [0.2, 0.25) is 0 Å². The van der Waals surface area contributed by atoms with Gasteiger partial charge in [0.15, 0.2) is 0 Å². The number of benzene rings is 2. The summed E-state index contributed by atoms with van der Waals surface area (Å²) in [6.45, 7) is 0. The Balaban J connectivity index is 0.000000181. The third-order valence-electron chi connectivity index (χ3n) is 4.95. The summed E-state index contributed by atoms with van der Waals surface area (Å²) >= 11 is 0. The van der Waals surface area contributed by atoms with E-state index in [-0.39, 0.29) is 0 Å². The maximum absolute atomic E-state index is 10.4. The summed E-state index contributed by atoms with van der Waals surface area (Å²) in [5.41, 5.74) is 2.28. The van der Waals surface area contributed by atoms with E-state index in [0.29, 0.717) is 12.1 Å². The number of rotatable bonds is 4. The molecular formula is C21H18N4O7. The van der Waals surface area contributed by atoms with E-state index in [1.807, 2.05) is 6.07 Å². The molecule has 1 aliphatic rings. The highest BCUT2D eigenvalue weighted by molar-refractivity contribution is 5.64. The van der Waals surface area contributed by atoms with Crippen molar-refractivity contribution >= 4 is 17.1 Å². The lowest BCUT2D eigenvalue weighted by molar-refractivity contribution is -0.404. The van der Waals surface area contributed by atoms with Gasteiger partial charge in [0, 0.05) is 11.8 Å². The molecule has 2 aromatic carbocycles. The molecule has 0 amide bonds. The third kappa shape index (κ3) is 5.01. The fourth-order valence-corrected chi connectivity index (χ4v) is 3.35. The van der Waals surface area contributed by atoms with Gasteiger partial charge >= 0.3 is 11.4 Å². The standard InChI is InChI=1S/C15H15N.C6H3N3O7/c1-2-6-12(7-3-1)15-10-13-8-4-5-9-14(13)11-16-15;10-6-4(8(13)14)1-3(7(11)12)2-5(6)9(15)16/h1-3,6-7,10-11H,4-5,8-9H2;1-2,10H. The average molecular weight is 438 g/mol. The van der Waals surface area contributed by atoms with Gasteiger partial charge in [0.2, 0.25) is 0 Å². The second-order valence-corrected chi connectivity index (χ2v) is 7.02. The molecule has 3 aromatic rings. The molecule has 4 rings (SSSR count). The van der Waals surface area contributed by atoms with Gasteiger partial charge in [0.25, 0.3) is 11.4 Å². The molecule has 1 aliphatic carbocycles. The van der Waals surface area contributed by atoms with Gasteiger partial charge in [0.1, 0.15) is 0 Å². The van der Waals surface area contributed by atoms with E-state index in [1.54, 1.807) is 0 Å². The van der Waals surface area contributed by atoms with Crippen LogP contribution < -0.4 is 0 Å². The SMILES string of the molecule is O=[N+]([O-])c1cc([N+](=O)[O-])c(O)c([N+](=O)[O-])c1.c1ccc(-c2cc3c(cn2)CCCC3)cc1. The highest BCUT2D eigenvalue weighted by Gasteiger charge is 2.30. The lowest BCUT2D eigenvalue weighted by Gasteiger charge is -2.15. The third-order valence-corrected chi connectivity index (χ3v) is 4.95. The molecule has 0 fully saturated rings. The topological polar surface area (TPSA) is 163 Å². The van der Waals surface area contributed by atoms with E-state index >= 15 is 0 Å². The van der Waals surface area contributed by atoms with Crippen LogP contribution in [0.4, 0.5) is 17.1 Å². The lowest BCUT2D eigenvalue weighted by Crippen LogP contribution is -2.03. The first kappa shape index (κ1) is 22.3. The molecule has 1 heterocycles. The zero-order chi connectivity index (χ0) is 23.3. The summed E-state index contributed by atoms with van der Waals surface area (Å²) < 4.78 is 0. The summed E-state index contributed by atoms with van der Waals surface area (Å²) in [5, 5.41) is 40.2. The fraction of sp³-hybridized carbons (Fsp3) is 0.190. The van der Waals surface area contributed by atoms with Gasteiger partial charge in [-0.2, -0.15) is 0 Å². The van der Waals surface area contributed by atoms with Crippen LogP contribution in [0.15, 0.2) is 54.7 Å². The Bertz CT molecular complexity index is 1150. The van der Waals surface area contributed by atoms with Crippen molar-refractivity contribution in [3.05, 3.63) is 96.2 Å². The molecule has 32 heavy (non-hydrogen) atoms. The first-order chi connectivity index (χ1) is 15.3. The number of phenolic OH excluding ortho intramolecular Hbond substituents is 1. The number of aromatic nitrogens is 1. The van der Waals surface area contributed by atoms with Gasteiger partial charge in [0.05, 0.1) is 32.6 Å². The molecule has 0 unspecified atom stereocenters. The van der Waals surface area contributed by atoms with Crippen molar-refractivity contribution in [3.63, 3.8) is 0 Å². The minimum Gasteiger partial charge on any atom is -0.497 e. The number of nitro benzene ring substituents is 3. The van der Waals surface area contributed by atoms with Crippen LogP contribution in [0, 0.1) is 30.3 Å². The molecule has 11 nitrogen and oxygen atoms in total. The molecule has 1 N–H and O–H groups in total. The predicted octanol–water partition coefficient (Wildman–Crippen LogP) is 4.74. The molecule has 164 valence electrons. The average Bonchev–Trinajstić information content (AvgIpc) is 2.79. The van der Waals surface area contributed by atoms with E-state index in [1.165, 1.54) is 42.4 Å². The highest BCUT2D eigenvalue weighted by atomic mass is 16.6. The number of hydrogen-bond donors (Lipinski definition) is 1. The number of phenols is 1. The van der Waals surface area contributed by atoms with Gasteiger partial charge in [-0.3, -0.25) is 35.3 Å². The second kappa shape index (κ2) is 9.60. The molecule has 0 bridgehead atoms. The van der Waals surface area contributed by atoms with E-state index in [0.717, 1.165) is 5.69 Å². The molecule has 0 atom stereocenters. The van der Waals surface area contributed by atoms with Crippen molar-refractivity contribution in [3.8, 4) is 17.0 Å². The molecule has 0 saturated carbocycles.